The predicted octanol–water partition coefficient (Wildman–Crippen LogP) is 2.42. The Hall–Kier alpha value is -3.59. The number of amides is 2. The number of pyridine rings is 1. The summed E-state index contributed by atoms with van der Waals surface area (Å²) in [5.41, 5.74) is 7.85. The zero-order chi connectivity index (χ0) is 24.2. The summed E-state index contributed by atoms with van der Waals surface area (Å²) < 4.78 is 5.83. The third-order valence-electron chi connectivity index (χ3n) is 6.10. The lowest BCUT2D eigenvalue weighted by atomic mass is 10.2. The molecule has 2 saturated heterocycles. The van der Waals surface area contributed by atoms with Gasteiger partial charge >= 0.3 is 0 Å². The van der Waals surface area contributed by atoms with Crippen LogP contribution in [0.4, 0.5) is 23.0 Å². The maximum absolute atomic E-state index is 12.0. The lowest BCUT2D eigenvalue weighted by molar-refractivity contribution is -0.117. The van der Waals surface area contributed by atoms with Crippen molar-refractivity contribution in [3.63, 3.8) is 0 Å². The molecule has 3 heterocycles. The highest BCUT2D eigenvalue weighted by molar-refractivity contribution is 5.98. The maximum atomic E-state index is 12.0. The minimum Gasteiger partial charge on any atom is -0.372 e. The van der Waals surface area contributed by atoms with Gasteiger partial charge in [-0.2, -0.15) is 0 Å². The highest BCUT2D eigenvalue weighted by Crippen LogP contribution is 2.27. The van der Waals surface area contributed by atoms with E-state index in [9.17, 15) is 9.59 Å². The summed E-state index contributed by atoms with van der Waals surface area (Å²) in [6.45, 7) is 10.7. The number of hydrogen-bond donors (Lipinski definition) is 3. The van der Waals surface area contributed by atoms with Crippen LogP contribution in [0.5, 0.6) is 0 Å². The first-order chi connectivity index (χ1) is 16.3. The smallest absolute Gasteiger partial charge is 0.252 e. The first kappa shape index (κ1) is 23.6. The fraction of sp³-hybridized carbons (Fsp3) is 0.400. The Morgan fingerprint density at radius 3 is 2.44 bits per heavy atom. The fourth-order valence-electron chi connectivity index (χ4n) is 4.55. The zero-order valence-electron chi connectivity index (χ0n) is 19.7. The number of benzene rings is 1. The van der Waals surface area contributed by atoms with E-state index in [1.165, 1.54) is 6.08 Å². The molecule has 0 radical (unpaired) electrons. The topological polar surface area (TPSA) is 113 Å². The van der Waals surface area contributed by atoms with Gasteiger partial charge in [-0.25, -0.2) is 4.98 Å². The standard InChI is InChI=1S/C25H32N6O3/c1-4-23(32)27-19-11-12-30(15-19)22-10-9-21(24(26)33)25(29-22)28-18-5-7-20(8-6-18)31-13-16(2)34-17(3)14-31/h4-10,16-17,19H,1,11-15H2,2-3H3,(H2,26,33)(H,27,32)(H,28,29)/t16-,17+,19-/m0/s1. The van der Waals surface area contributed by atoms with Gasteiger partial charge in [-0.3, -0.25) is 9.59 Å². The second-order valence-corrected chi connectivity index (χ2v) is 8.91. The second kappa shape index (κ2) is 10.1. The summed E-state index contributed by atoms with van der Waals surface area (Å²) in [5.74, 6) is 0.392. The van der Waals surface area contributed by atoms with Crippen LogP contribution in [-0.4, -0.2) is 61.2 Å². The summed E-state index contributed by atoms with van der Waals surface area (Å²) in [7, 11) is 0. The molecule has 0 aliphatic carbocycles. The van der Waals surface area contributed by atoms with Crippen LogP contribution in [0, 0.1) is 0 Å². The van der Waals surface area contributed by atoms with E-state index in [0.717, 1.165) is 43.2 Å². The Kier molecular flexibility index (Phi) is 7.02. The van der Waals surface area contributed by atoms with Gasteiger partial charge in [-0.1, -0.05) is 6.58 Å². The molecular formula is C25H32N6O3. The lowest BCUT2D eigenvalue weighted by Crippen LogP contribution is -2.45. The SMILES string of the molecule is C=CC(=O)N[C@H]1CCN(c2ccc(C(N)=O)c(Nc3ccc(N4C[C@@H](C)O[C@@H](C)C4)cc3)n2)C1. The molecule has 0 spiro atoms. The van der Waals surface area contributed by atoms with Crippen molar-refractivity contribution in [1.82, 2.24) is 10.3 Å². The second-order valence-electron chi connectivity index (χ2n) is 8.91. The Balaban J connectivity index is 1.49. The number of ether oxygens (including phenoxy) is 1. The van der Waals surface area contributed by atoms with E-state index in [-0.39, 0.29) is 24.2 Å². The first-order valence-corrected chi connectivity index (χ1v) is 11.6. The van der Waals surface area contributed by atoms with Crippen molar-refractivity contribution < 1.29 is 14.3 Å². The highest BCUT2D eigenvalue weighted by Gasteiger charge is 2.26. The van der Waals surface area contributed by atoms with Gasteiger partial charge in [0.15, 0.2) is 0 Å². The summed E-state index contributed by atoms with van der Waals surface area (Å²) in [4.78, 5) is 32.7. The van der Waals surface area contributed by atoms with Crippen LogP contribution in [0.1, 0.15) is 30.6 Å². The van der Waals surface area contributed by atoms with Crippen LogP contribution in [0.15, 0.2) is 49.1 Å². The molecule has 2 fully saturated rings. The molecule has 4 rings (SSSR count). The Morgan fingerprint density at radius 2 is 1.79 bits per heavy atom. The van der Waals surface area contributed by atoms with Crippen LogP contribution >= 0.6 is 0 Å². The van der Waals surface area contributed by atoms with Gasteiger partial charge in [0, 0.05) is 43.6 Å². The van der Waals surface area contributed by atoms with Gasteiger partial charge in [0.1, 0.15) is 11.6 Å². The minimum absolute atomic E-state index is 0.0256. The molecule has 4 N–H and O–H groups in total. The fourth-order valence-corrected chi connectivity index (χ4v) is 4.55. The maximum Gasteiger partial charge on any atom is 0.252 e. The Bertz CT molecular complexity index is 1050. The van der Waals surface area contributed by atoms with E-state index in [1.54, 1.807) is 12.1 Å². The van der Waals surface area contributed by atoms with Crippen molar-refractivity contribution in [2.75, 3.05) is 41.3 Å². The molecule has 1 aromatic heterocycles. The van der Waals surface area contributed by atoms with Gasteiger partial charge in [0.05, 0.1) is 17.8 Å². The van der Waals surface area contributed by atoms with Crippen LogP contribution < -0.4 is 26.2 Å². The van der Waals surface area contributed by atoms with Crippen molar-refractivity contribution in [2.45, 2.75) is 38.5 Å². The van der Waals surface area contributed by atoms with Gasteiger partial charge in [0.25, 0.3) is 5.91 Å². The van der Waals surface area contributed by atoms with Gasteiger partial charge in [-0.15, -0.1) is 0 Å². The van der Waals surface area contributed by atoms with Crippen molar-refractivity contribution in [3.8, 4) is 0 Å². The summed E-state index contributed by atoms with van der Waals surface area (Å²) in [5, 5.41) is 6.18. The number of hydrogen-bond acceptors (Lipinski definition) is 7. The van der Waals surface area contributed by atoms with Gasteiger partial charge in [-0.05, 0) is 62.7 Å². The van der Waals surface area contributed by atoms with Crippen LogP contribution in [0.3, 0.4) is 0 Å². The number of nitrogens with zero attached hydrogens (tertiary/aromatic N) is 3. The quantitative estimate of drug-likeness (QED) is 0.540. The number of carbonyl (C=O) groups excluding carboxylic acids is 2. The van der Waals surface area contributed by atoms with Gasteiger partial charge in [0.2, 0.25) is 5.91 Å². The zero-order valence-corrected chi connectivity index (χ0v) is 19.7. The molecule has 2 aliphatic heterocycles. The van der Waals surface area contributed by atoms with E-state index < -0.39 is 5.91 Å². The average Bonchev–Trinajstić information content (AvgIpc) is 3.27. The monoisotopic (exact) mass is 464 g/mol. The number of anilines is 4. The third kappa shape index (κ3) is 5.48. The molecule has 1 aromatic carbocycles. The molecular weight excluding hydrogens is 432 g/mol. The van der Waals surface area contributed by atoms with E-state index in [1.807, 2.05) is 24.3 Å². The molecule has 2 aliphatic rings. The van der Waals surface area contributed by atoms with Gasteiger partial charge < -0.3 is 30.9 Å². The largest absolute Gasteiger partial charge is 0.372 e. The van der Waals surface area contributed by atoms with Crippen LogP contribution in [0.2, 0.25) is 0 Å². The minimum atomic E-state index is -0.549. The summed E-state index contributed by atoms with van der Waals surface area (Å²) >= 11 is 0. The predicted molar refractivity (Wildman–Crippen MR) is 134 cm³/mol. The summed E-state index contributed by atoms with van der Waals surface area (Å²) in [6.07, 6.45) is 2.45. The molecule has 3 atom stereocenters. The molecule has 180 valence electrons. The molecule has 2 amide bonds. The molecule has 34 heavy (non-hydrogen) atoms. The molecule has 2 aromatic rings. The lowest BCUT2D eigenvalue weighted by Gasteiger charge is -2.36. The highest BCUT2D eigenvalue weighted by atomic mass is 16.5. The van der Waals surface area contributed by atoms with Crippen LogP contribution in [0.25, 0.3) is 0 Å². The van der Waals surface area contributed by atoms with Crippen LogP contribution in [-0.2, 0) is 9.53 Å². The first-order valence-electron chi connectivity index (χ1n) is 11.6. The molecule has 0 saturated carbocycles. The van der Waals surface area contributed by atoms with E-state index >= 15 is 0 Å². The van der Waals surface area contributed by atoms with Crippen molar-refractivity contribution in [2.24, 2.45) is 5.73 Å². The molecule has 0 bridgehead atoms. The average molecular weight is 465 g/mol. The van der Waals surface area contributed by atoms with E-state index in [4.69, 9.17) is 15.5 Å². The number of primary amides is 1. The molecule has 9 nitrogen and oxygen atoms in total. The third-order valence-corrected chi connectivity index (χ3v) is 6.10. The van der Waals surface area contributed by atoms with E-state index in [0.29, 0.717) is 17.9 Å². The number of rotatable bonds is 7. The van der Waals surface area contributed by atoms with Crippen molar-refractivity contribution in [3.05, 3.63) is 54.6 Å². The number of carbonyl (C=O) groups is 2. The van der Waals surface area contributed by atoms with Crippen molar-refractivity contribution >= 4 is 34.8 Å². The molecule has 0 unspecified atom stereocenters. The summed E-state index contributed by atoms with van der Waals surface area (Å²) in [6, 6.07) is 11.5. The Labute approximate surface area is 200 Å². The normalized spacial score (nSPS) is 22.4. The number of aromatic nitrogens is 1. The van der Waals surface area contributed by atoms with E-state index in [2.05, 4.69) is 40.9 Å². The van der Waals surface area contributed by atoms with Crippen molar-refractivity contribution in [1.29, 1.82) is 0 Å². The Morgan fingerprint density at radius 1 is 1.09 bits per heavy atom. The number of morpholine rings is 1. The number of nitrogens with one attached hydrogen (secondary N) is 2. The molecule has 9 heteroatoms. The number of nitrogens with two attached hydrogens (primary N) is 1.